The van der Waals surface area contributed by atoms with Crippen LogP contribution in [0.4, 0.5) is 11.6 Å². The largest absolute Gasteiger partial charge is 0.497 e. The molecule has 0 unspecified atom stereocenters. The molecular formula is C27H27N5O2. The molecule has 0 aliphatic rings. The molecule has 4 rings (SSSR count). The van der Waals surface area contributed by atoms with E-state index >= 15 is 0 Å². The van der Waals surface area contributed by atoms with Gasteiger partial charge in [-0.1, -0.05) is 42.5 Å². The van der Waals surface area contributed by atoms with E-state index in [9.17, 15) is 4.79 Å². The van der Waals surface area contributed by atoms with Crippen molar-refractivity contribution in [2.45, 2.75) is 13.5 Å². The zero-order chi connectivity index (χ0) is 23.8. The number of H-pyrrole nitrogens is 1. The molecule has 0 radical (unpaired) electrons. The fourth-order valence-electron chi connectivity index (χ4n) is 3.55. The van der Waals surface area contributed by atoms with E-state index in [1.807, 2.05) is 42.5 Å². The lowest BCUT2D eigenvalue weighted by molar-refractivity contribution is 0.415. The number of ether oxygens (including phenoxy) is 1. The second-order valence-corrected chi connectivity index (χ2v) is 7.67. The number of methoxy groups -OCH3 is 1. The third kappa shape index (κ3) is 5.89. The second-order valence-electron chi connectivity index (χ2n) is 7.67. The summed E-state index contributed by atoms with van der Waals surface area (Å²) in [6.07, 6.45) is 1.69. The van der Waals surface area contributed by atoms with E-state index in [-0.39, 0.29) is 11.5 Å². The molecule has 0 saturated heterocycles. The van der Waals surface area contributed by atoms with E-state index in [2.05, 4.69) is 68.7 Å². The number of hydrogen-bond acceptors (Lipinski definition) is 6. The quantitative estimate of drug-likeness (QED) is 0.278. The van der Waals surface area contributed by atoms with E-state index in [1.54, 1.807) is 13.3 Å². The van der Waals surface area contributed by atoms with Crippen LogP contribution in [-0.2, 0) is 6.54 Å². The van der Waals surface area contributed by atoms with Gasteiger partial charge >= 0.3 is 0 Å². The van der Waals surface area contributed by atoms with Crippen LogP contribution in [0.25, 0.3) is 11.3 Å². The van der Waals surface area contributed by atoms with Gasteiger partial charge < -0.3 is 9.64 Å². The van der Waals surface area contributed by atoms with Crippen molar-refractivity contribution < 1.29 is 4.74 Å². The fraction of sp³-hybridized carbons (Fsp3) is 0.148. The highest BCUT2D eigenvalue weighted by Crippen LogP contribution is 2.20. The van der Waals surface area contributed by atoms with Gasteiger partial charge in [-0.2, -0.15) is 5.10 Å². The van der Waals surface area contributed by atoms with Crippen molar-refractivity contribution in [3.8, 4) is 17.0 Å². The lowest BCUT2D eigenvalue weighted by Gasteiger charge is -2.23. The van der Waals surface area contributed by atoms with Gasteiger partial charge in [0, 0.05) is 30.4 Å². The van der Waals surface area contributed by atoms with E-state index in [1.165, 1.54) is 11.6 Å². The van der Waals surface area contributed by atoms with Crippen molar-refractivity contribution >= 4 is 17.9 Å². The topological polar surface area (TPSA) is 82.6 Å². The minimum absolute atomic E-state index is 0.263. The molecule has 2 N–H and O–H groups in total. The second kappa shape index (κ2) is 11.0. The van der Waals surface area contributed by atoms with Gasteiger partial charge in [0.15, 0.2) is 0 Å². The molecule has 0 amide bonds. The first kappa shape index (κ1) is 22.8. The number of aromatic amines is 1. The maximum Gasteiger partial charge on any atom is 0.252 e. The molecule has 0 aliphatic heterocycles. The number of benzene rings is 3. The summed E-state index contributed by atoms with van der Waals surface area (Å²) in [5.74, 6) is 1.01. The summed E-state index contributed by atoms with van der Waals surface area (Å²) in [4.78, 5) is 21.5. The van der Waals surface area contributed by atoms with Crippen molar-refractivity contribution in [3.05, 3.63) is 106 Å². The molecule has 0 atom stereocenters. The number of hydrazone groups is 1. The third-order valence-electron chi connectivity index (χ3n) is 5.37. The number of hydrogen-bond donors (Lipinski definition) is 2. The van der Waals surface area contributed by atoms with Gasteiger partial charge in [-0.15, -0.1) is 0 Å². The number of nitrogens with one attached hydrogen (secondary N) is 2. The van der Waals surface area contributed by atoms with E-state index < -0.39 is 0 Å². The lowest BCUT2D eigenvalue weighted by Crippen LogP contribution is -2.21. The molecule has 0 aliphatic carbocycles. The van der Waals surface area contributed by atoms with Crippen molar-refractivity contribution in [1.29, 1.82) is 0 Å². The van der Waals surface area contributed by atoms with E-state index in [0.717, 1.165) is 35.7 Å². The van der Waals surface area contributed by atoms with E-state index in [4.69, 9.17) is 4.74 Å². The average molecular weight is 454 g/mol. The van der Waals surface area contributed by atoms with Crippen LogP contribution >= 0.6 is 0 Å². The minimum atomic E-state index is -0.263. The van der Waals surface area contributed by atoms with Gasteiger partial charge in [0.1, 0.15) is 5.75 Å². The molecule has 7 nitrogen and oxygen atoms in total. The number of anilines is 2. The molecule has 172 valence electrons. The normalized spacial score (nSPS) is 10.9. The minimum Gasteiger partial charge on any atom is -0.497 e. The van der Waals surface area contributed by atoms with Crippen LogP contribution in [-0.4, -0.2) is 29.8 Å². The molecule has 0 saturated carbocycles. The van der Waals surface area contributed by atoms with Crippen LogP contribution in [0.1, 0.15) is 18.1 Å². The first-order valence-corrected chi connectivity index (χ1v) is 11.1. The highest BCUT2D eigenvalue weighted by Gasteiger charge is 2.06. The number of nitrogens with zero attached hydrogens (tertiary/aromatic N) is 3. The summed E-state index contributed by atoms with van der Waals surface area (Å²) in [5, 5.41) is 4.24. The Balaban J connectivity index is 1.42. The lowest BCUT2D eigenvalue weighted by atomic mass is 10.1. The Morgan fingerprint density at radius 3 is 2.44 bits per heavy atom. The number of aromatic nitrogens is 2. The van der Waals surface area contributed by atoms with Gasteiger partial charge in [0.2, 0.25) is 5.95 Å². The fourth-order valence-corrected chi connectivity index (χ4v) is 3.55. The highest BCUT2D eigenvalue weighted by molar-refractivity contribution is 5.80. The Hall–Kier alpha value is -4.39. The maximum absolute atomic E-state index is 12.1. The van der Waals surface area contributed by atoms with Crippen LogP contribution < -0.4 is 20.6 Å². The zero-order valence-corrected chi connectivity index (χ0v) is 19.2. The molecule has 34 heavy (non-hydrogen) atoms. The Kier molecular flexibility index (Phi) is 7.35. The maximum atomic E-state index is 12.1. The molecule has 1 heterocycles. The molecule has 1 aromatic heterocycles. The summed E-state index contributed by atoms with van der Waals surface area (Å²) in [6, 6.07) is 27.4. The Bertz CT molecular complexity index is 1280. The molecule has 0 bridgehead atoms. The van der Waals surface area contributed by atoms with Crippen molar-refractivity contribution in [2.75, 3.05) is 24.0 Å². The molecule has 0 fully saturated rings. The highest BCUT2D eigenvalue weighted by atomic mass is 16.5. The monoisotopic (exact) mass is 453 g/mol. The Morgan fingerprint density at radius 1 is 1.03 bits per heavy atom. The molecule has 3 aromatic carbocycles. The molecular weight excluding hydrogens is 426 g/mol. The molecule has 7 heteroatoms. The predicted octanol–water partition coefficient (Wildman–Crippen LogP) is 4.92. The van der Waals surface area contributed by atoms with Crippen LogP contribution in [0.3, 0.4) is 0 Å². The van der Waals surface area contributed by atoms with Gasteiger partial charge in [0.25, 0.3) is 5.56 Å². The van der Waals surface area contributed by atoms with Crippen LogP contribution in [0.15, 0.2) is 94.8 Å². The predicted molar refractivity (Wildman–Crippen MR) is 138 cm³/mol. The van der Waals surface area contributed by atoms with Crippen molar-refractivity contribution in [2.24, 2.45) is 5.10 Å². The van der Waals surface area contributed by atoms with Crippen molar-refractivity contribution in [1.82, 2.24) is 9.97 Å². The SMILES string of the molecule is CCN(Cc1ccccc1)c1ccc(/C=N\Nc2nc(-c3ccc(OC)cc3)cc(=O)[nH]2)cc1. The third-order valence-corrected chi connectivity index (χ3v) is 5.37. The summed E-state index contributed by atoms with van der Waals surface area (Å²) in [5.41, 5.74) is 7.27. The first-order chi connectivity index (χ1) is 16.6. The smallest absolute Gasteiger partial charge is 0.252 e. The van der Waals surface area contributed by atoms with E-state index in [0.29, 0.717) is 5.69 Å². The molecule has 0 spiro atoms. The van der Waals surface area contributed by atoms with Crippen LogP contribution in [0.5, 0.6) is 5.75 Å². The Labute approximate surface area is 198 Å². The summed E-state index contributed by atoms with van der Waals surface area (Å²) < 4.78 is 5.18. The first-order valence-electron chi connectivity index (χ1n) is 11.1. The van der Waals surface area contributed by atoms with Gasteiger partial charge in [-0.3, -0.25) is 9.78 Å². The molecule has 4 aromatic rings. The van der Waals surface area contributed by atoms with Crippen LogP contribution in [0, 0.1) is 0 Å². The summed E-state index contributed by atoms with van der Waals surface area (Å²) in [6.45, 7) is 3.92. The summed E-state index contributed by atoms with van der Waals surface area (Å²) in [7, 11) is 1.61. The number of rotatable bonds is 9. The Morgan fingerprint density at radius 2 is 1.76 bits per heavy atom. The average Bonchev–Trinajstić information content (AvgIpc) is 2.88. The van der Waals surface area contributed by atoms with Crippen molar-refractivity contribution in [3.63, 3.8) is 0 Å². The standard InChI is InChI=1S/C27H27N5O2/c1-3-32(19-21-7-5-4-6-8-21)23-13-9-20(10-14-23)18-28-31-27-29-25(17-26(33)30-27)22-11-15-24(34-2)16-12-22/h4-18H,3,19H2,1-2H3,(H2,29,30,31,33)/b28-18-. The van der Waals surface area contributed by atoms with Gasteiger partial charge in [-0.05, 0) is 54.4 Å². The summed E-state index contributed by atoms with van der Waals surface area (Å²) >= 11 is 0. The van der Waals surface area contributed by atoms with Gasteiger partial charge in [-0.25, -0.2) is 10.4 Å². The van der Waals surface area contributed by atoms with Gasteiger partial charge in [0.05, 0.1) is 19.0 Å². The zero-order valence-electron chi connectivity index (χ0n) is 19.2. The van der Waals surface area contributed by atoms with Crippen LogP contribution in [0.2, 0.25) is 0 Å².